The quantitative estimate of drug-likeness (QED) is 0.441. The summed E-state index contributed by atoms with van der Waals surface area (Å²) in [5, 5.41) is 1.79. The van der Waals surface area contributed by atoms with Crippen LogP contribution in [0.3, 0.4) is 0 Å². The van der Waals surface area contributed by atoms with E-state index in [0.29, 0.717) is 5.92 Å². The van der Waals surface area contributed by atoms with Gasteiger partial charge in [-0.2, -0.15) is 0 Å². The summed E-state index contributed by atoms with van der Waals surface area (Å²) in [6, 6.07) is 0. The minimum Gasteiger partial charge on any atom is -0.455 e. The van der Waals surface area contributed by atoms with E-state index in [4.69, 9.17) is 4.74 Å². The van der Waals surface area contributed by atoms with Gasteiger partial charge in [0, 0.05) is 23.4 Å². The largest absolute Gasteiger partial charge is 0.455 e. The third-order valence-corrected chi connectivity index (χ3v) is 6.70. The van der Waals surface area contributed by atoms with Gasteiger partial charge in [-0.25, -0.2) is 9.97 Å². The number of rotatable bonds is 5. The predicted molar refractivity (Wildman–Crippen MR) is 104 cm³/mol. The van der Waals surface area contributed by atoms with Crippen LogP contribution in [0.1, 0.15) is 30.2 Å². The lowest BCUT2D eigenvalue weighted by atomic mass is 10.0. The Hall–Kier alpha value is -1.67. The Kier molecular flexibility index (Phi) is 6.13. The lowest BCUT2D eigenvalue weighted by molar-refractivity contribution is -0.150. The van der Waals surface area contributed by atoms with Crippen molar-refractivity contribution in [3.8, 4) is 0 Å². The molecule has 1 amide bonds. The molecule has 0 aromatic carbocycles. The first kappa shape index (κ1) is 19.1. The smallest absolute Gasteiger partial charge is 0.316 e. The maximum atomic E-state index is 12.2. The highest BCUT2D eigenvalue weighted by molar-refractivity contribution is 8.00. The van der Waals surface area contributed by atoms with Gasteiger partial charge in [0.2, 0.25) is 0 Å². The zero-order valence-corrected chi connectivity index (χ0v) is 16.9. The van der Waals surface area contributed by atoms with E-state index in [9.17, 15) is 9.59 Å². The van der Waals surface area contributed by atoms with Gasteiger partial charge in [-0.1, -0.05) is 18.7 Å². The fourth-order valence-corrected chi connectivity index (χ4v) is 4.99. The number of carbonyl (C=O) groups is 2. The molecule has 1 saturated heterocycles. The van der Waals surface area contributed by atoms with Crippen LogP contribution in [0.4, 0.5) is 0 Å². The molecule has 1 atom stereocenters. The zero-order valence-electron chi connectivity index (χ0n) is 15.3. The van der Waals surface area contributed by atoms with Crippen molar-refractivity contribution in [2.75, 3.05) is 25.4 Å². The second-order valence-electron chi connectivity index (χ2n) is 6.68. The molecule has 1 fully saturated rings. The summed E-state index contributed by atoms with van der Waals surface area (Å²) in [6.45, 7) is 7.56. The molecule has 0 spiro atoms. The number of thiophene rings is 1. The number of likely N-dealkylation sites (tertiary alicyclic amines) is 1. The molecule has 0 aliphatic carbocycles. The zero-order chi connectivity index (χ0) is 18.7. The normalized spacial score (nSPS) is 17.5. The Labute approximate surface area is 161 Å². The van der Waals surface area contributed by atoms with Gasteiger partial charge in [-0.3, -0.25) is 9.59 Å². The summed E-state index contributed by atoms with van der Waals surface area (Å²) < 4.78 is 5.17. The predicted octanol–water partition coefficient (Wildman–Crippen LogP) is 3.20. The summed E-state index contributed by atoms with van der Waals surface area (Å²) in [5.41, 5.74) is 1.15. The Balaban J connectivity index is 1.52. The number of aryl methyl sites for hydroxylation is 2. The van der Waals surface area contributed by atoms with Crippen molar-refractivity contribution >= 4 is 45.2 Å². The number of ether oxygens (including phenoxy) is 1. The SMILES string of the molecule is Cc1sc2ncnc(SCC(=O)OCC(=O)N3CCC[C@@H](C)C3)c2c1C. The molecule has 0 N–H and O–H groups in total. The van der Waals surface area contributed by atoms with Crippen molar-refractivity contribution in [3.63, 3.8) is 0 Å². The minimum absolute atomic E-state index is 0.108. The second kappa shape index (κ2) is 8.35. The Morgan fingerprint density at radius 1 is 1.38 bits per heavy atom. The number of aromatic nitrogens is 2. The molecule has 1 aliphatic heterocycles. The minimum atomic E-state index is -0.398. The second-order valence-corrected chi connectivity index (χ2v) is 8.85. The van der Waals surface area contributed by atoms with Crippen LogP contribution in [0.5, 0.6) is 0 Å². The van der Waals surface area contributed by atoms with E-state index in [1.54, 1.807) is 16.2 Å². The van der Waals surface area contributed by atoms with Crippen LogP contribution in [0.15, 0.2) is 11.4 Å². The average molecular weight is 394 g/mol. The molecular formula is C18H23N3O3S2. The Morgan fingerprint density at radius 3 is 2.96 bits per heavy atom. The first-order valence-electron chi connectivity index (χ1n) is 8.72. The van der Waals surface area contributed by atoms with Crippen molar-refractivity contribution in [2.45, 2.75) is 38.6 Å². The van der Waals surface area contributed by atoms with Crippen molar-refractivity contribution < 1.29 is 14.3 Å². The number of fused-ring (bicyclic) bond motifs is 1. The van der Waals surface area contributed by atoms with Crippen LogP contribution < -0.4 is 0 Å². The van der Waals surface area contributed by atoms with Crippen LogP contribution in [-0.4, -0.2) is 52.2 Å². The van der Waals surface area contributed by atoms with E-state index >= 15 is 0 Å². The van der Waals surface area contributed by atoms with E-state index in [-0.39, 0.29) is 18.3 Å². The van der Waals surface area contributed by atoms with E-state index in [1.807, 2.05) is 6.92 Å². The topological polar surface area (TPSA) is 72.4 Å². The molecule has 0 unspecified atom stereocenters. The number of hydrogen-bond acceptors (Lipinski definition) is 7. The lowest BCUT2D eigenvalue weighted by Gasteiger charge is -2.30. The number of hydrogen-bond donors (Lipinski definition) is 0. The fraction of sp³-hybridized carbons (Fsp3) is 0.556. The number of amides is 1. The molecule has 2 aromatic heterocycles. The molecule has 26 heavy (non-hydrogen) atoms. The van der Waals surface area contributed by atoms with Gasteiger partial charge in [0.25, 0.3) is 5.91 Å². The Bertz CT molecular complexity index is 821. The number of carbonyl (C=O) groups excluding carboxylic acids is 2. The summed E-state index contributed by atoms with van der Waals surface area (Å²) >= 11 is 2.96. The average Bonchev–Trinajstić information content (AvgIpc) is 2.92. The highest BCUT2D eigenvalue weighted by Crippen LogP contribution is 2.34. The Morgan fingerprint density at radius 2 is 2.19 bits per heavy atom. The van der Waals surface area contributed by atoms with Crippen molar-refractivity contribution in [1.82, 2.24) is 14.9 Å². The standard InChI is InChI=1S/C18H23N3O3S2/c1-11-5-4-6-21(7-11)14(22)8-24-15(23)9-25-17-16-12(2)13(3)26-18(16)20-10-19-17/h10-11H,4-9H2,1-3H3/t11-/m1/s1. The lowest BCUT2D eigenvalue weighted by Crippen LogP contribution is -2.41. The number of thioether (sulfide) groups is 1. The molecule has 3 heterocycles. The van der Waals surface area contributed by atoms with Gasteiger partial charge in [0.05, 0.1) is 5.75 Å². The monoisotopic (exact) mass is 393 g/mol. The fourth-order valence-electron chi connectivity index (χ4n) is 3.08. The van der Waals surface area contributed by atoms with E-state index < -0.39 is 5.97 Å². The molecule has 140 valence electrons. The van der Waals surface area contributed by atoms with Gasteiger partial charge >= 0.3 is 5.97 Å². The molecule has 0 saturated carbocycles. The first-order chi connectivity index (χ1) is 12.5. The summed E-state index contributed by atoms with van der Waals surface area (Å²) in [6.07, 6.45) is 3.68. The van der Waals surface area contributed by atoms with Crippen LogP contribution in [0.2, 0.25) is 0 Å². The molecule has 0 bridgehead atoms. The highest BCUT2D eigenvalue weighted by atomic mass is 32.2. The molecule has 3 rings (SSSR count). The van der Waals surface area contributed by atoms with Gasteiger partial charge in [0.1, 0.15) is 16.2 Å². The summed E-state index contributed by atoms with van der Waals surface area (Å²) in [5.74, 6) is 0.134. The summed E-state index contributed by atoms with van der Waals surface area (Å²) in [4.78, 5) is 36.7. The van der Waals surface area contributed by atoms with Gasteiger partial charge in [0.15, 0.2) is 6.61 Å². The maximum absolute atomic E-state index is 12.2. The molecule has 8 heteroatoms. The van der Waals surface area contributed by atoms with Gasteiger partial charge < -0.3 is 9.64 Å². The van der Waals surface area contributed by atoms with Crippen LogP contribution >= 0.6 is 23.1 Å². The molecule has 6 nitrogen and oxygen atoms in total. The number of nitrogens with zero attached hydrogens (tertiary/aromatic N) is 3. The van der Waals surface area contributed by atoms with E-state index in [0.717, 1.165) is 46.7 Å². The summed E-state index contributed by atoms with van der Waals surface area (Å²) in [7, 11) is 0. The van der Waals surface area contributed by atoms with Crippen molar-refractivity contribution in [3.05, 3.63) is 16.8 Å². The van der Waals surface area contributed by atoms with Gasteiger partial charge in [-0.05, 0) is 38.2 Å². The third-order valence-electron chi connectivity index (χ3n) is 4.62. The molecule has 1 aliphatic rings. The molecule has 0 radical (unpaired) electrons. The van der Waals surface area contributed by atoms with Crippen molar-refractivity contribution in [1.29, 1.82) is 0 Å². The van der Waals surface area contributed by atoms with E-state index in [2.05, 4.69) is 23.8 Å². The van der Waals surface area contributed by atoms with Crippen LogP contribution in [-0.2, 0) is 14.3 Å². The number of esters is 1. The number of piperidine rings is 1. The third kappa shape index (κ3) is 4.35. The van der Waals surface area contributed by atoms with Crippen molar-refractivity contribution in [2.24, 2.45) is 5.92 Å². The maximum Gasteiger partial charge on any atom is 0.316 e. The van der Waals surface area contributed by atoms with E-state index in [1.165, 1.54) is 23.0 Å². The highest BCUT2D eigenvalue weighted by Gasteiger charge is 2.22. The first-order valence-corrected chi connectivity index (χ1v) is 10.5. The van der Waals surface area contributed by atoms with Gasteiger partial charge in [-0.15, -0.1) is 11.3 Å². The molecule has 2 aromatic rings. The molecular weight excluding hydrogens is 370 g/mol. The van der Waals surface area contributed by atoms with Crippen LogP contribution in [0.25, 0.3) is 10.2 Å². The van der Waals surface area contributed by atoms with Crippen LogP contribution in [0, 0.1) is 19.8 Å².